The normalized spacial score (nSPS) is 23.8. The molecule has 0 aliphatic heterocycles. The van der Waals surface area contributed by atoms with Gasteiger partial charge in [0.15, 0.2) is 5.75 Å². The molecule has 1 heterocycles. The van der Waals surface area contributed by atoms with E-state index in [0.717, 1.165) is 24.8 Å². The third-order valence-electron chi connectivity index (χ3n) is 3.93. The molecule has 1 saturated carbocycles. The molecule has 2 rings (SSSR count). The molecule has 1 aliphatic carbocycles. The SMILES string of the molecule is CC1CCC(NCCOc2cnn(C(C)C)c2)CC1. The van der Waals surface area contributed by atoms with E-state index in [1.54, 1.807) is 6.20 Å². The molecule has 0 unspecified atom stereocenters. The zero-order chi connectivity index (χ0) is 13.7. The van der Waals surface area contributed by atoms with Gasteiger partial charge in [-0.05, 0) is 45.4 Å². The number of nitrogens with one attached hydrogen (secondary N) is 1. The van der Waals surface area contributed by atoms with Crippen LogP contribution in [0.2, 0.25) is 0 Å². The van der Waals surface area contributed by atoms with Gasteiger partial charge in [-0.2, -0.15) is 5.10 Å². The summed E-state index contributed by atoms with van der Waals surface area (Å²) < 4.78 is 7.63. The molecule has 19 heavy (non-hydrogen) atoms. The molecule has 108 valence electrons. The van der Waals surface area contributed by atoms with Crippen LogP contribution in [0, 0.1) is 5.92 Å². The fraction of sp³-hybridized carbons (Fsp3) is 0.800. The monoisotopic (exact) mass is 265 g/mol. The van der Waals surface area contributed by atoms with Crippen molar-refractivity contribution < 1.29 is 4.74 Å². The van der Waals surface area contributed by atoms with Crippen LogP contribution in [0.3, 0.4) is 0 Å². The third-order valence-corrected chi connectivity index (χ3v) is 3.93. The Labute approximate surface area is 116 Å². The summed E-state index contributed by atoms with van der Waals surface area (Å²) in [5.74, 6) is 1.78. The van der Waals surface area contributed by atoms with Crippen molar-refractivity contribution in [3.63, 3.8) is 0 Å². The van der Waals surface area contributed by atoms with Crippen molar-refractivity contribution in [3.8, 4) is 5.75 Å². The second-order valence-corrected chi connectivity index (χ2v) is 6.01. The van der Waals surface area contributed by atoms with Crippen LogP contribution in [0.5, 0.6) is 5.75 Å². The van der Waals surface area contributed by atoms with Crippen molar-refractivity contribution in [3.05, 3.63) is 12.4 Å². The average Bonchev–Trinajstić information content (AvgIpc) is 2.86. The predicted molar refractivity (Wildman–Crippen MR) is 77.5 cm³/mol. The maximum Gasteiger partial charge on any atom is 0.157 e. The van der Waals surface area contributed by atoms with Crippen LogP contribution >= 0.6 is 0 Å². The summed E-state index contributed by atoms with van der Waals surface area (Å²) in [6.07, 6.45) is 9.10. The van der Waals surface area contributed by atoms with Gasteiger partial charge in [0.1, 0.15) is 6.61 Å². The van der Waals surface area contributed by atoms with Gasteiger partial charge in [0, 0.05) is 18.6 Å². The molecule has 0 aromatic carbocycles. The standard InChI is InChI=1S/C15H27N3O/c1-12(2)18-11-15(10-17-18)19-9-8-16-14-6-4-13(3)5-7-14/h10-14,16H,4-9H2,1-3H3. The minimum absolute atomic E-state index is 0.389. The first kappa shape index (κ1) is 14.4. The highest BCUT2D eigenvalue weighted by atomic mass is 16.5. The van der Waals surface area contributed by atoms with Crippen molar-refractivity contribution in [2.24, 2.45) is 5.92 Å². The lowest BCUT2D eigenvalue weighted by molar-refractivity contribution is 0.270. The quantitative estimate of drug-likeness (QED) is 0.804. The second-order valence-electron chi connectivity index (χ2n) is 6.01. The van der Waals surface area contributed by atoms with Crippen LogP contribution in [0.15, 0.2) is 12.4 Å². The van der Waals surface area contributed by atoms with Gasteiger partial charge in [0.2, 0.25) is 0 Å². The lowest BCUT2D eigenvalue weighted by Crippen LogP contribution is -2.35. The fourth-order valence-electron chi connectivity index (χ4n) is 2.57. The highest BCUT2D eigenvalue weighted by Gasteiger charge is 2.17. The number of nitrogens with zero attached hydrogens (tertiary/aromatic N) is 2. The first-order chi connectivity index (χ1) is 9.15. The molecule has 1 N–H and O–H groups in total. The highest BCUT2D eigenvalue weighted by molar-refractivity contribution is 5.11. The number of ether oxygens (including phenoxy) is 1. The molecule has 1 aliphatic rings. The number of hydrogen-bond donors (Lipinski definition) is 1. The van der Waals surface area contributed by atoms with Gasteiger partial charge in [0.25, 0.3) is 0 Å². The Morgan fingerprint density at radius 3 is 2.74 bits per heavy atom. The summed E-state index contributed by atoms with van der Waals surface area (Å²) in [7, 11) is 0. The minimum atomic E-state index is 0.389. The maximum absolute atomic E-state index is 5.70. The van der Waals surface area contributed by atoms with Crippen molar-refractivity contribution in [1.29, 1.82) is 0 Å². The van der Waals surface area contributed by atoms with E-state index in [1.807, 2.05) is 10.9 Å². The Bertz CT molecular complexity index is 367. The summed E-state index contributed by atoms with van der Waals surface area (Å²) in [4.78, 5) is 0. The molecular formula is C15H27N3O. The van der Waals surface area contributed by atoms with Gasteiger partial charge >= 0.3 is 0 Å². The van der Waals surface area contributed by atoms with Gasteiger partial charge in [-0.25, -0.2) is 0 Å². The van der Waals surface area contributed by atoms with E-state index in [-0.39, 0.29) is 0 Å². The molecule has 0 atom stereocenters. The number of rotatable bonds is 6. The van der Waals surface area contributed by atoms with Crippen molar-refractivity contribution in [1.82, 2.24) is 15.1 Å². The van der Waals surface area contributed by atoms with E-state index in [4.69, 9.17) is 4.74 Å². The van der Waals surface area contributed by atoms with Gasteiger partial charge in [-0.1, -0.05) is 6.92 Å². The topological polar surface area (TPSA) is 39.1 Å². The summed E-state index contributed by atoms with van der Waals surface area (Å²) in [6.45, 7) is 8.22. The van der Waals surface area contributed by atoms with Crippen molar-refractivity contribution in [2.45, 2.75) is 58.5 Å². The molecule has 4 nitrogen and oxygen atoms in total. The smallest absolute Gasteiger partial charge is 0.157 e. The Hall–Kier alpha value is -1.03. The van der Waals surface area contributed by atoms with Gasteiger partial charge in [0.05, 0.1) is 12.4 Å². The lowest BCUT2D eigenvalue weighted by atomic mass is 9.87. The van der Waals surface area contributed by atoms with Gasteiger partial charge < -0.3 is 10.1 Å². The molecule has 0 radical (unpaired) electrons. The Morgan fingerprint density at radius 2 is 2.11 bits per heavy atom. The van der Waals surface area contributed by atoms with Crippen LogP contribution in [-0.2, 0) is 0 Å². The molecule has 0 bridgehead atoms. The molecule has 1 aromatic rings. The molecule has 1 fully saturated rings. The Balaban J connectivity index is 1.61. The van der Waals surface area contributed by atoms with E-state index in [9.17, 15) is 0 Å². The van der Waals surface area contributed by atoms with Crippen LogP contribution in [-0.4, -0.2) is 29.0 Å². The van der Waals surface area contributed by atoms with E-state index < -0.39 is 0 Å². The van der Waals surface area contributed by atoms with E-state index in [2.05, 4.69) is 31.2 Å². The number of hydrogen-bond acceptors (Lipinski definition) is 3. The minimum Gasteiger partial charge on any atom is -0.489 e. The first-order valence-corrected chi connectivity index (χ1v) is 7.55. The lowest BCUT2D eigenvalue weighted by Gasteiger charge is -2.26. The Kier molecular flexibility index (Phi) is 5.25. The summed E-state index contributed by atoms with van der Waals surface area (Å²) >= 11 is 0. The first-order valence-electron chi connectivity index (χ1n) is 7.55. The second kappa shape index (κ2) is 6.94. The van der Waals surface area contributed by atoms with Gasteiger partial charge in [-0.3, -0.25) is 4.68 Å². The van der Waals surface area contributed by atoms with Crippen LogP contribution in [0.4, 0.5) is 0 Å². The molecule has 0 amide bonds. The summed E-state index contributed by atoms with van der Waals surface area (Å²) in [5, 5.41) is 7.85. The molecule has 1 aromatic heterocycles. The fourth-order valence-corrected chi connectivity index (χ4v) is 2.57. The summed E-state index contributed by atoms with van der Waals surface area (Å²) in [6, 6.07) is 1.08. The van der Waals surface area contributed by atoms with E-state index in [1.165, 1.54) is 25.7 Å². The average molecular weight is 265 g/mol. The molecule has 0 saturated heterocycles. The zero-order valence-corrected chi connectivity index (χ0v) is 12.4. The zero-order valence-electron chi connectivity index (χ0n) is 12.4. The maximum atomic E-state index is 5.70. The van der Waals surface area contributed by atoms with E-state index >= 15 is 0 Å². The van der Waals surface area contributed by atoms with Gasteiger partial charge in [-0.15, -0.1) is 0 Å². The van der Waals surface area contributed by atoms with Crippen molar-refractivity contribution in [2.75, 3.05) is 13.2 Å². The summed E-state index contributed by atoms with van der Waals surface area (Å²) in [5.41, 5.74) is 0. The molecular weight excluding hydrogens is 238 g/mol. The Morgan fingerprint density at radius 1 is 1.37 bits per heavy atom. The number of aromatic nitrogens is 2. The van der Waals surface area contributed by atoms with Crippen molar-refractivity contribution >= 4 is 0 Å². The van der Waals surface area contributed by atoms with E-state index in [0.29, 0.717) is 12.1 Å². The largest absolute Gasteiger partial charge is 0.489 e. The van der Waals surface area contributed by atoms with Crippen LogP contribution in [0.25, 0.3) is 0 Å². The molecule has 4 heteroatoms. The predicted octanol–water partition coefficient (Wildman–Crippen LogP) is 3.01. The van der Waals surface area contributed by atoms with Crippen LogP contribution in [0.1, 0.15) is 52.5 Å². The van der Waals surface area contributed by atoms with Crippen LogP contribution < -0.4 is 10.1 Å². The highest BCUT2D eigenvalue weighted by Crippen LogP contribution is 2.23. The molecule has 0 spiro atoms. The third kappa shape index (κ3) is 4.53.